The summed E-state index contributed by atoms with van der Waals surface area (Å²) in [5, 5.41) is 0. The topological polar surface area (TPSA) is 63.8 Å². The molecule has 0 aliphatic carbocycles. The molecule has 0 bridgehead atoms. The summed E-state index contributed by atoms with van der Waals surface area (Å²) in [6, 6.07) is 9.74. The Balaban J connectivity index is 2.60. The van der Waals surface area contributed by atoms with Crippen LogP contribution in [0, 0.1) is 4.77 Å². The summed E-state index contributed by atoms with van der Waals surface area (Å²) in [5.74, 6) is 0.0496. The number of aromatic amines is 1. The molecule has 0 fully saturated rings. The standard InChI is InChI=1S/C13H14ClN3OS/c14-6-7-17-12(9-4-2-1-3-5-9)10(8-11(15)18)16-13(17)19/h1-5H,6-8H2,(H2,15,18)(H,16,19). The van der Waals surface area contributed by atoms with Crippen LogP contribution in [-0.2, 0) is 17.8 Å². The Hall–Kier alpha value is -1.59. The molecule has 19 heavy (non-hydrogen) atoms. The number of amides is 1. The van der Waals surface area contributed by atoms with Gasteiger partial charge in [0, 0.05) is 18.0 Å². The summed E-state index contributed by atoms with van der Waals surface area (Å²) in [7, 11) is 0. The fourth-order valence-electron chi connectivity index (χ4n) is 2.05. The predicted molar refractivity (Wildman–Crippen MR) is 78.7 cm³/mol. The van der Waals surface area contributed by atoms with Gasteiger partial charge in [0.25, 0.3) is 0 Å². The Labute approximate surface area is 121 Å². The number of alkyl halides is 1. The maximum atomic E-state index is 11.2. The van der Waals surface area contributed by atoms with E-state index in [1.165, 1.54) is 0 Å². The smallest absolute Gasteiger partial charge is 0.223 e. The fraction of sp³-hybridized carbons (Fsp3) is 0.231. The molecule has 100 valence electrons. The third-order valence-electron chi connectivity index (χ3n) is 2.77. The number of nitrogens with one attached hydrogen (secondary N) is 1. The predicted octanol–water partition coefficient (Wildman–Crippen LogP) is 2.48. The van der Waals surface area contributed by atoms with E-state index in [-0.39, 0.29) is 6.42 Å². The van der Waals surface area contributed by atoms with E-state index in [1.807, 2.05) is 34.9 Å². The molecular weight excluding hydrogens is 282 g/mol. The summed E-state index contributed by atoms with van der Waals surface area (Å²) in [5.41, 5.74) is 7.87. The third kappa shape index (κ3) is 3.05. The Morgan fingerprint density at radius 2 is 2.05 bits per heavy atom. The van der Waals surface area contributed by atoms with Crippen LogP contribution in [0.4, 0.5) is 0 Å². The van der Waals surface area contributed by atoms with E-state index in [2.05, 4.69) is 4.98 Å². The molecule has 0 aliphatic heterocycles. The van der Waals surface area contributed by atoms with E-state index in [4.69, 9.17) is 29.6 Å². The van der Waals surface area contributed by atoms with Crippen LogP contribution < -0.4 is 5.73 Å². The highest BCUT2D eigenvalue weighted by atomic mass is 35.5. The van der Waals surface area contributed by atoms with E-state index < -0.39 is 5.91 Å². The van der Waals surface area contributed by atoms with E-state index in [0.717, 1.165) is 17.0 Å². The van der Waals surface area contributed by atoms with Crippen molar-refractivity contribution in [2.24, 2.45) is 5.73 Å². The Bertz CT molecular complexity index is 633. The maximum absolute atomic E-state index is 11.2. The van der Waals surface area contributed by atoms with Crippen molar-refractivity contribution < 1.29 is 4.79 Å². The van der Waals surface area contributed by atoms with Gasteiger partial charge < -0.3 is 15.3 Å². The Morgan fingerprint density at radius 3 is 2.63 bits per heavy atom. The van der Waals surface area contributed by atoms with Gasteiger partial charge in [-0.25, -0.2) is 0 Å². The average Bonchev–Trinajstić information content (AvgIpc) is 2.67. The van der Waals surface area contributed by atoms with Gasteiger partial charge in [-0.2, -0.15) is 0 Å². The van der Waals surface area contributed by atoms with Crippen LogP contribution in [0.15, 0.2) is 30.3 Å². The number of H-pyrrole nitrogens is 1. The summed E-state index contributed by atoms with van der Waals surface area (Å²) in [6.45, 7) is 0.583. The van der Waals surface area contributed by atoms with Crippen molar-refractivity contribution in [1.29, 1.82) is 0 Å². The van der Waals surface area contributed by atoms with Crippen molar-refractivity contribution in [3.05, 3.63) is 40.8 Å². The summed E-state index contributed by atoms with van der Waals surface area (Å²) >= 11 is 11.1. The molecule has 1 heterocycles. The quantitative estimate of drug-likeness (QED) is 0.657. The second kappa shape index (κ2) is 6.04. The van der Waals surface area contributed by atoms with Crippen molar-refractivity contribution in [1.82, 2.24) is 9.55 Å². The first-order valence-corrected chi connectivity index (χ1v) is 6.79. The number of nitrogens with zero attached hydrogens (tertiary/aromatic N) is 1. The van der Waals surface area contributed by atoms with E-state index in [1.54, 1.807) is 0 Å². The minimum Gasteiger partial charge on any atom is -0.369 e. The molecule has 1 aromatic carbocycles. The van der Waals surface area contributed by atoms with Gasteiger partial charge >= 0.3 is 0 Å². The lowest BCUT2D eigenvalue weighted by Crippen LogP contribution is -2.14. The maximum Gasteiger partial charge on any atom is 0.223 e. The van der Waals surface area contributed by atoms with Crippen molar-refractivity contribution in [2.75, 3.05) is 5.88 Å². The van der Waals surface area contributed by atoms with Gasteiger partial charge in [0.15, 0.2) is 4.77 Å². The van der Waals surface area contributed by atoms with Crippen molar-refractivity contribution in [3.8, 4) is 11.3 Å². The molecule has 0 saturated carbocycles. The summed E-state index contributed by atoms with van der Waals surface area (Å²) in [4.78, 5) is 14.2. The molecule has 0 atom stereocenters. The molecule has 2 rings (SSSR count). The molecule has 4 nitrogen and oxygen atoms in total. The molecule has 0 unspecified atom stereocenters. The zero-order valence-corrected chi connectivity index (χ0v) is 11.8. The minimum absolute atomic E-state index is 0.128. The van der Waals surface area contributed by atoms with Crippen LogP contribution in [0.25, 0.3) is 11.3 Å². The van der Waals surface area contributed by atoms with Crippen LogP contribution >= 0.6 is 23.8 Å². The first-order chi connectivity index (χ1) is 9.13. The molecule has 6 heteroatoms. The zero-order valence-electron chi connectivity index (χ0n) is 10.2. The molecular formula is C13H14ClN3OS. The molecule has 0 saturated heterocycles. The minimum atomic E-state index is -0.397. The van der Waals surface area contributed by atoms with Crippen LogP contribution in [0.1, 0.15) is 5.69 Å². The van der Waals surface area contributed by atoms with Crippen molar-refractivity contribution in [2.45, 2.75) is 13.0 Å². The molecule has 3 N–H and O–H groups in total. The summed E-state index contributed by atoms with van der Waals surface area (Å²) < 4.78 is 2.45. The number of carbonyl (C=O) groups is 1. The number of rotatable bonds is 5. The third-order valence-corrected chi connectivity index (χ3v) is 3.26. The second-order valence-electron chi connectivity index (χ2n) is 4.11. The van der Waals surface area contributed by atoms with E-state index in [9.17, 15) is 4.79 Å². The monoisotopic (exact) mass is 295 g/mol. The largest absolute Gasteiger partial charge is 0.369 e. The lowest BCUT2D eigenvalue weighted by atomic mass is 10.1. The lowest BCUT2D eigenvalue weighted by Gasteiger charge is -2.08. The van der Waals surface area contributed by atoms with Crippen LogP contribution in [0.2, 0.25) is 0 Å². The Kier molecular flexibility index (Phi) is 4.39. The average molecular weight is 296 g/mol. The first kappa shape index (κ1) is 13.8. The van der Waals surface area contributed by atoms with Gasteiger partial charge in [-0.15, -0.1) is 11.6 Å². The first-order valence-electron chi connectivity index (χ1n) is 5.85. The van der Waals surface area contributed by atoms with Crippen LogP contribution in [-0.4, -0.2) is 21.3 Å². The van der Waals surface area contributed by atoms with Gasteiger partial charge in [-0.1, -0.05) is 30.3 Å². The molecule has 2 aromatic rings. The van der Waals surface area contributed by atoms with Gasteiger partial charge in [0.05, 0.1) is 17.8 Å². The number of benzene rings is 1. The number of aromatic nitrogens is 2. The fourth-order valence-corrected chi connectivity index (χ4v) is 2.52. The van der Waals surface area contributed by atoms with Crippen LogP contribution in [0.5, 0.6) is 0 Å². The highest BCUT2D eigenvalue weighted by Crippen LogP contribution is 2.24. The zero-order chi connectivity index (χ0) is 13.8. The summed E-state index contributed by atoms with van der Waals surface area (Å²) in [6.07, 6.45) is 0.128. The SMILES string of the molecule is NC(=O)Cc1[nH]c(=S)n(CCCl)c1-c1ccccc1. The van der Waals surface area contributed by atoms with E-state index >= 15 is 0 Å². The van der Waals surface area contributed by atoms with Crippen LogP contribution in [0.3, 0.4) is 0 Å². The molecule has 0 aliphatic rings. The second-order valence-corrected chi connectivity index (χ2v) is 4.87. The normalized spacial score (nSPS) is 10.6. The number of imidazole rings is 1. The highest BCUT2D eigenvalue weighted by Gasteiger charge is 2.15. The van der Waals surface area contributed by atoms with Crippen molar-refractivity contribution >= 4 is 29.7 Å². The van der Waals surface area contributed by atoms with Gasteiger partial charge in [-0.05, 0) is 12.2 Å². The number of hydrogen-bond donors (Lipinski definition) is 2. The number of hydrogen-bond acceptors (Lipinski definition) is 2. The van der Waals surface area contributed by atoms with Crippen molar-refractivity contribution in [3.63, 3.8) is 0 Å². The molecule has 1 aromatic heterocycles. The number of halogens is 1. The van der Waals surface area contributed by atoms with Gasteiger partial charge in [0.1, 0.15) is 0 Å². The van der Waals surface area contributed by atoms with Gasteiger partial charge in [-0.3, -0.25) is 4.79 Å². The number of carbonyl (C=O) groups excluding carboxylic acids is 1. The Morgan fingerprint density at radius 1 is 1.37 bits per heavy atom. The highest BCUT2D eigenvalue weighted by molar-refractivity contribution is 7.71. The lowest BCUT2D eigenvalue weighted by molar-refractivity contribution is -0.117. The van der Waals surface area contributed by atoms with Gasteiger partial charge in [0.2, 0.25) is 5.91 Å². The molecule has 0 radical (unpaired) electrons. The molecule has 0 spiro atoms. The number of primary amides is 1. The molecule has 1 amide bonds. The van der Waals surface area contributed by atoms with E-state index in [0.29, 0.717) is 17.2 Å². The number of nitrogens with two attached hydrogens (primary N) is 1.